The summed E-state index contributed by atoms with van der Waals surface area (Å²) >= 11 is 0. The quantitative estimate of drug-likeness (QED) is 0.368. The Bertz CT molecular complexity index is 376. The van der Waals surface area contributed by atoms with Gasteiger partial charge in [0.25, 0.3) is 0 Å². The van der Waals surface area contributed by atoms with Crippen molar-refractivity contribution in [2.75, 3.05) is 11.5 Å². The molecule has 5 heteroatoms. The molecule has 7 N–H and O–H groups in total. The van der Waals surface area contributed by atoms with Crippen LogP contribution in [0, 0.1) is 5.41 Å². The first-order valence-electron chi connectivity index (χ1n) is 5.09. The highest BCUT2D eigenvalue weighted by atomic mass is 35.5. The Labute approximate surface area is 102 Å². The van der Waals surface area contributed by atoms with E-state index in [4.69, 9.17) is 22.6 Å². The molecule has 0 aromatic heterocycles. The van der Waals surface area contributed by atoms with Gasteiger partial charge >= 0.3 is 0 Å². The molecule has 0 radical (unpaired) electrons. The highest BCUT2D eigenvalue weighted by Crippen LogP contribution is 2.24. The third-order valence-electron chi connectivity index (χ3n) is 2.43. The van der Waals surface area contributed by atoms with E-state index in [2.05, 4.69) is 6.92 Å². The number of nitrogens with one attached hydrogen (secondary N) is 1. The highest BCUT2D eigenvalue weighted by molar-refractivity contribution is 6.03. The number of nitrogens with two attached hydrogens (primary N) is 3. The molecule has 1 aromatic rings. The molecule has 0 aliphatic carbocycles. The molecule has 0 amide bonds. The Morgan fingerprint density at radius 3 is 2.44 bits per heavy atom. The largest absolute Gasteiger partial charge is 0.397 e. The summed E-state index contributed by atoms with van der Waals surface area (Å²) in [6, 6.07) is 3.67. The number of aryl methyl sites for hydroxylation is 1. The molecule has 4 nitrogen and oxygen atoms in total. The molecule has 0 saturated heterocycles. The third-order valence-corrected chi connectivity index (χ3v) is 2.43. The van der Waals surface area contributed by atoms with Gasteiger partial charge in [0, 0.05) is 5.56 Å². The summed E-state index contributed by atoms with van der Waals surface area (Å²) in [6.07, 6.45) is 3.04. The molecule has 90 valence electrons. The Hall–Kier alpha value is -1.42. The zero-order chi connectivity index (χ0) is 11.4. The van der Waals surface area contributed by atoms with Gasteiger partial charge in [-0.1, -0.05) is 19.4 Å². The molecule has 1 aromatic carbocycles. The molecule has 0 fully saturated rings. The van der Waals surface area contributed by atoms with E-state index >= 15 is 0 Å². The topological polar surface area (TPSA) is 102 Å². The monoisotopic (exact) mass is 242 g/mol. The van der Waals surface area contributed by atoms with Gasteiger partial charge in [-0.2, -0.15) is 0 Å². The first-order valence-corrected chi connectivity index (χ1v) is 5.09. The van der Waals surface area contributed by atoms with E-state index in [0.717, 1.165) is 24.8 Å². The number of amidine groups is 1. The zero-order valence-electron chi connectivity index (χ0n) is 9.42. The standard InChI is InChI=1S/C11H18N4.ClH/c1-2-3-4-7-5-6-8(12)10(13)9(7)11(14)15;/h5-6H,2-4,12-13H2,1H3,(H3,14,15);1H. The number of halogens is 1. The fourth-order valence-corrected chi connectivity index (χ4v) is 1.57. The predicted molar refractivity (Wildman–Crippen MR) is 72.1 cm³/mol. The van der Waals surface area contributed by atoms with Gasteiger partial charge in [-0.25, -0.2) is 0 Å². The Kier molecular flexibility index (Phi) is 5.67. The number of nitrogen functional groups attached to an aromatic ring is 3. The van der Waals surface area contributed by atoms with E-state index in [9.17, 15) is 0 Å². The summed E-state index contributed by atoms with van der Waals surface area (Å²) < 4.78 is 0. The number of hydrogen-bond donors (Lipinski definition) is 4. The van der Waals surface area contributed by atoms with Crippen molar-refractivity contribution in [1.82, 2.24) is 0 Å². The molecule has 1 rings (SSSR count). The van der Waals surface area contributed by atoms with E-state index in [1.54, 1.807) is 6.07 Å². The van der Waals surface area contributed by atoms with Gasteiger partial charge < -0.3 is 17.2 Å². The average Bonchev–Trinajstić information content (AvgIpc) is 2.19. The summed E-state index contributed by atoms with van der Waals surface area (Å²) in [7, 11) is 0. The SMILES string of the molecule is CCCCc1ccc(N)c(N)c1C(=N)N.Cl. The van der Waals surface area contributed by atoms with Crippen LogP contribution in [0.5, 0.6) is 0 Å². The molecule has 0 aliphatic rings. The second-order valence-electron chi connectivity index (χ2n) is 3.62. The van der Waals surface area contributed by atoms with Gasteiger partial charge in [-0.15, -0.1) is 12.4 Å². The second-order valence-corrected chi connectivity index (χ2v) is 3.62. The van der Waals surface area contributed by atoms with Gasteiger partial charge in [0.15, 0.2) is 0 Å². The molecule has 0 unspecified atom stereocenters. The first-order chi connectivity index (χ1) is 7.07. The lowest BCUT2D eigenvalue weighted by molar-refractivity contribution is 0.794. The maximum atomic E-state index is 7.49. The van der Waals surface area contributed by atoms with Gasteiger partial charge in [-0.3, -0.25) is 5.41 Å². The molecule has 0 heterocycles. The molecule has 16 heavy (non-hydrogen) atoms. The maximum absolute atomic E-state index is 7.49. The molecule has 0 saturated carbocycles. The van der Waals surface area contributed by atoms with Crippen LogP contribution in [0.3, 0.4) is 0 Å². The Morgan fingerprint density at radius 1 is 1.31 bits per heavy atom. The van der Waals surface area contributed by atoms with Crippen LogP contribution in [0.2, 0.25) is 0 Å². The third kappa shape index (κ3) is 3.03. The molecular formula is C11H19ClN4. The number of benzene rings is 1. The summed E-state index contributed by atoms with van der Waals surface area (Å²) in [5.41, 5.74) is 19.5. The molecular weight excluding hydrogens is 224 g/mol. The van der Waals surface area contributed by atoms with Crippen molar-refractivity contribution in [3.8, 4) is 0 Å². The van der Waals surface area contributed by atoms with Crippen molar-refractivity contribution in [3.05, 3.63) is 23.3 Å². The van der Waals surface area contributed by atoms with Crippen molar-refractivity contribution in [1.29, 1.82) is 5.41 Å². The lowest BCUT2D eigenvalue weighted by atomic mass is 9.98. The van der Waals surface area contributed by atoms with Crippen molar-refractivity contribution in [2.24, 2.45) is 5.73 Å². The smallest absolute Gasteiger partial charge is 0.125 e. The van der Waals surface area contributed by atoms with Crippen molar-refractivity contribution in [2.45, 2.75) is 26.2 Å². The molecule has 0 spiro atoms. The van der Waals surface area contributed by atoms with Crippen molar-refractivity contribution in [3.63, 3.8) is 0 Å². The van der Waals surface area contributed by atoms with E-state index in [1.165, 1.54) is 0 Å². The van der Waals surface area contributed by atoms with Crippen LogP contribution < -0.4 is 17.2 Å². The molecule has 0 atom stereocenters. The van der Waals surface area contributed by atoms with Gasteiger partial charge in [0.05, 0.1) is 11.4 Å². The Balaban J connectivity index is 0.00000225. The summed E-state index contributed by atoms with van der Waals surface area (Å²) in [5, 5.41) is 7.49. The van der Waals surface area contributed by atoms with Crippen LogP contribution in [0.4, 0.5) is 11.4 Å². The first kappa shape index (κ1) is 14.6. The lowest BCUT2D eigenvalue weighted by Gasteiger charge is -2.12. The van der Waals surface area contributed by atoms with Crippen LogP contribution in [0.25, 0.3) is 0 Å². The van der Waals surface area contributed by atoms with Gasteiger partial charge in [0.2, 0.25) is 0 Å². The molecule has 0 bridgehead atoms. The van der Waals surface area contributed by atoms with Gasteiger partial charge in [0.1, 0.15) is 5.84 Å². The Morgan fingerprint density at radius 2 is 1.94 bits per heavy atom. The molecule has 0 aliphatic heterocycles. The van der Waals surface area contributed by atoms with E-state index in [-0.39, 0.29) is 18.2 Å². The minimum absolute atomic E-state index is 0. The predicted octanol–water partition coefficient (Wildman–Crippen LogP) is 1.90. The lowest BCUT2D eigenvalue weighted by Crippen LogP contribution is -2.17. The van der Waals surface area contributed by atoms with E-state index in [1.807, 2.05) is 6.07 Å². The van der Waals surface area contributed by atoms with Crippen LogP contribution in [-0.2, 0) is 6.42 Å². The number of unbranched alkanes of at least 4 members (excludes halogenated alkanes) is 1. The van der Waals surface area contributed by atoms with Crippen LogP contribution in [0.15, 0.2) is 12.1 Å². The fourth-order valence-electron chi connectivity index (χ4n) is 1.57. The number of rotatable bonds is 4. The van der Waals surface area contributed by atoms with Crippen molar-refractivity contribution < 1.29 is 0 Å². The summed E-state index contributed by atoms with van der Waals surface area (Å²) in [5.74, 6) is -0.00842. The maximum Gasteiger partial charge on any atom is 0.125 e. The average molecular weight is 243 g/mol. The zero-order valence-corrected chi connectivity index (χ0v) is 10.2. The minimum atomic E-state index is -0.00842. The summed E-state index contributed by atoms with van der Waals surface area (Å²) in [4.78, 5) is 0. The fraction of sp³-hybridized carbons (Fsp3) is 0.364. The summed E-state index contributed by atoms with van der Waals surface area (Å²) in [6.45, 7) is 2.12. The number of anilines is 2. The van der Waals surface area contributed by atoms with E-state index in [0.29, 0.717) is 16.9 Å². The van der Waals surface area contributed by atoms with Crippen LogP contribution in [-0.4, -0.2) is 5.84 Å². The highest BCUT2D eigenvalue weighted by Gasteiger charge is 2.11. The number of hydrogen-bond acceptors (Lipinski definition) is 3. The van der Waals surface area contributed by atoms with Crippen LogP contribution >= 0.6 is 12.4 Å². The van der Waals surface area contributed by atoms with E-state index < -0.39 is 0 Å². The normalized spacial score (nSPS) is 9.56. The minimum Gasteiger partial charge on any atom is -0.397 e. The second kappa shape index (κ2) is 6.23. The van der Waals surface area contributed by atoms with Crippen LogP contribution in [0.1, 0.15) is 30.9 Å². The van der Waals surface area contributed by atoms with Gasteiger partial charge in [-0.05, 0) is 24.5 Å². The van der Waals surface area contributed by atoms with Crippen molar-refractivity contribution >= 4 is 29.6 Å².